The van der Waals surface area contributed by atoms with Gasteiger partial charge in [0.25, 0.3) is 0 Å². The summed E-state index contributed by atoms with van der Waals surface area (Å²) in [6.07, 6.45) is 0. The zero-order chi connectivity index (χ0) is 5.11. The molecule has 3 N–H and O–H groups in total. The molecule has 0 aliphatic heterocycles. The average Bonchev–Trinajstić information content (AvgIpc) is 1.69. The molecule has 3 heteroatoms. The Morgan fingerprint density at radius 3 is 1.60 bits per heavy atom. The van der Waals surface area contributed by atoms with Crippen molar-refractivity contribution in [1.82, 2.24) is 6.15 Å². The van der Waals surface area contributed by atoms with E-state index in [9.17, 15) is 0 Å². The number of hydrogen-bond acceptors (Lipinski definition) is 1. The van der Waals surface area contributed by atoms with Gasteiger partial charge in [0.1, 0.15) is 0 Å². The van der Waals surface area contributed by atoms with Crippen molar-refractivity contribution in [1.29, 1.82) is 0 Å². The summed E-state index contributed by atoms with van der Waals surface area (Å²) in [6.45, 7) is 3.72. The SMILES string of the molecule is N.[CH2-]c1ccccc1.[Cl-].[Mg+2]. The average molecular weight is 168 g/mol. The van der Waals surface area contributed by atoms with Crippen LogP contribution >= 0.6 is 0 Å². The zero-order valence-corrected chi connectivity index (χ0v) is 8.06. The molecule has 0 radical (unpaired) electrons. The molecule has 1 aromatic rings. The molecule has 0 aliphatic carbocycles. The maximum atomic E-state index is 3.72. The van der Waals surface area contributed by atoms with Crippen LogP contribution in [0.25, 0.3) is 0 Å². The van der Waals surface area contributed by atoms with Crippen LogP contribution in [0.2, 0.25) is 0 Å². The first-order valence-electron chi connectivity index (χ1n) is 2.26. The molecule has 1 rings (SSSR count). The van der Waals surface area contributed by atoms with Crippen LogP contribution in [0, 0.1) is 6.92 Å². The Morgan fingerprint density at radius 2 is 1.40 bits per heavy atom. The van der Waals surface area contributed by atoms with Gasteiger partial charge in [-0.15, -0.1) is 12.1 Å². The van der Waals surface area contributed by atoms with Gasteiger partial charge in [-0.05, 0) is 0 Å². The molecule has 0 fully saturated rings. The van der Waals surface area contributed by atoms with Crippen LogP contribution in [0.3, 0.4) is 0 Å². The Labute approximate surface area is 84.4 Å². The molecule has 0 heterocycles. The Kier molecular flexibility index (Phi) is 15.1. The van der Waals surface area contributed by atoms with E-state index in [1.54, 1.807) is 0 Å². The number of benzene rings is 1. The van der Waals surface area contributed by atoms with E-state index in [2.05, 4.69) is 6.92 Å². The van der Waals surface area contributed by atoms with E-state index in [0.717, 1.165) is 5.56 Å². The predicted molar refractivity (Wildman–Crippen MR) is 41.7 cm³/mol. The van der Waals surface area contributed by atoms with Crippen LogP contribution in [0.1, 0.15) is 5.56 Å². The number of rotatable bonds is 0. The van der Waals surface area contributed by atoms with Crippen LogP contribution in [-0.4, -0.2) is 23.1 Å². The summed E-state index contributed by atoms with van der Waals surface area (Å²) < 4.78 is 0. The van der Waals surface area contributed by atoms with E-state index in [0.29, 0.717) is 0 Å². The van der Waals surface area contributed by atoms with Gasteiger partial charge >= 0.3 is 23.1 Å². The molecule has 0 aromatic heterocycles. The van der Waals surface area contributed by atoms with Gasteiger partial charge in [0.2, 0.25) is 0 Å². The van der Waals surface area contributed by atoms with Crippen molar-refractivity contribution in [2.45, 2.75) is 0 Å². The Hall–Kier alpha value is 0.106. The second-order valence-electron chi connectivity index (χ2n) is 1.49. The Balaban J connectivity index is -0.000000163. The van der Waals surface area contributed by atoms with E-state index in [1.807, 2.05) is 30.3 Å². The van der Waals surface area contributed by atoms with Crippen LogP contribution in [0.5, 0.6) is 0 Å². The van der Waals surface area contributed by atoms with E-state index in [1.165, 1.54) is 0 Å². The van der Waals surface area contributed by atoms with Gasteiger partial charge in [0.15, 0.2) is 0 Å². The van der Waals surface area contributed by atoms with Gasteiger partial charge < -0.3 is 18.6 Å². The third-order valence-corrected chi connectivity index (χ3v) is 0.843. The van der Waals surface area contributed by atoms with Crippen molar-refractivity contribution in [3.63, 3.8) is 0 Å². The first-order valence-corrected chi connectivity index (χ1v) is 2.26. The molecule has 10 heavy (non-hydrogen) atoms. The minimum atomic E-state index is 0. The van der Waals surface area contributed by atoms with Crippen molar-refractivity contribution in [2.75, 3.05) is 0 Å². The van der Waals surface area contributed by atoms with Crippen molar-refractivity contribution in [2.24, 2.45) is 0 Å². The summed E-state index contributed by atoms with van der Waals surface area (Å²) in [5.74, 6) is 0. The van der Waals surface area contributed by atoms with Gasteiger partial charge in [-0.2, -0.15) is 24.6 Å². The molecular formula is C7H10ClMgN. The molecule has 0 bridgehead atoms. The summed E-state index contributed by atoms with van der Waals surface area (Å²) in [4.78, 5) is 0. The molecule has 1 nitrogen and oxygen atoms in total. The third kappa shape index (κ3) is 6.23. The molecule has 1 aromatic carbocycles. The smallest absolute Gasteiger partial charge is 1.00 e. The monoisotopic (exact) mass is 167 g/mol. The van der Waals surface area contributed by atoms with E-state index in [-0.39, 0.29) is 41.6 Å². The largest absolute Gasteiger partial charge is 2.00 e. The molecule has 0 spiro atoms. The van der Waals surface area contributed by atoms with Crippen LogP contribution < -0.4 is 18.6 Å². The fourth-order valence-electron chi connectivity index (χ4n) is 0.478. The number of halogens is 1. The minimum absolute atomic E-state index is 0. The van der Waals surface area contributed by atoms with Crippen molar-refractivity contribution in [3.8, 4) is 0 Å². The van der Waals surface area contributed by atoms with E-state index >= 15 is 0 Å². The molecular weight excluding hydrogens is 158 g/mol. The van der Waals surface area contributed by atoms with Gasteiger partial charge in [-0.25, -0.2) is 0 Å². The normalized spacial score (nSPS) is 6.00. The molecule has 0 atom stereocenters. The van der Waals surface area contributed by atoms with E-state index in [4.69, 9.17) is 0 Å². The minimum Gasteiger partial charge on any atom is -1.00 e. The fraction of sp³-hybridized carbons (Fsp3) is 0. The summed E-state index contributed by atoms with van der Waals surface area (Å²) in [5, 5.41) is 0. The Bertz CT molecular complexity index is 144. The van der Waals surface area contributed by atoms with Crippen molar-refractivity contribution in [3.05, 3.63) is 42.8 Å². The van der Waals surface area contributed by atoms with Crippen LogP contribution in [0.4, 0.5) is 0 Å². The summed E-state index contributed by atoms with van der Waals surface area (Å²) in [6, 6.07) is 9.87. The van der Waals surface area contributed by atoms with Crippen molar-refractivity contribution >= 4 is 23.1 Å². The fourth-order valence-corrected chi connectivity index (χ4v) is 0.478. The third-order valence-electron chi connectivity index (χ3n) is 0.843. The molecule has 0 saturated carbocycles. The molecule has 52 valence electrons. The maximum absolute atomic E-state index is 3.72. The van der Waals surface area contributed by atoms with Gasteiger partial charge in [-0.3, -0.25) is 0 Å². The van der Waals surface area contributed by atoms with Crippen LogP contribution in [-0.2, 0) is 0 Å². The first-order chi connectivity index (χ1) is 3.39. The predicted octanol–water partition coefficient (Wildman–Crippen LogP) is -1.35. The quantitative estimate of drug-likeness (QED) is 0.377. The molecule has 0 saturated heterocycles. The van der Waals surface area contributed by atoms with E-state index < -0.39 is 0 Å². The number of hydrogen-bond donors (Lipinski definition) is 1. The van der Waals surface area contributed by atoms with Crippen LogP contribution in [0.15, 0.2) is 30.3 Å². The zero-order valence-electron chi connectivity index (χ0n) is 5.89. The second-order valence-corrected chi connectivity index (χ2v) is 1.49. The summed E-state index contributed by atoms with van der Waals surface area (Å²) in [5.41, 5.74) is 1.07. The topological polar surface area (TPSA) is 35.0 Å². The van der Waals surface area contributed by atoms with Gasteiger partial charge in [-0.1, -0.05) is 6.07 Å². The van der Waals surface area contributed by atoms with Gasteiger partial charge in [0, 0.05) is 0 Å². The molecule has 0 amide bonds. The first kappa shape index (κ1) is 16.6. The van der Waals surface area contributed by atoms with Gasteiger partial charge in [0.05, 0.1) is 0 Å². The summed E-state index contributed by atoms with van der Waals surface area (Å²) >= 11 is 0. The second kappa shape index (κ2) is 9.11. The maximum Gasteiger partial charge on any atom is 2.00 e. The Morgan fingerprint density at radius 1 is 1.00 bits per heavy atom. The standard InChI is InChI=1S/C7H7.ClH.Mg.H3N/c1-7-5-3-2-4-6-7;;;/h2-6H,1H2;1H;;1H3/q-1;;+2;/p-1. The molecule has 0 unspecified atom stereocenters. The summed E-state index contributed by atoms with van der Waals surface area (Å²) in [7, 11) is 0. The van der Waals surface area contributed by atoms with Crippen molar-refractivity contribution < 1.29 is 12.4 Å². The molecule has 0 aliphatic rings.